The van der Waals surface area contributed by atoms with E-state index in [0.29, 0.717) is 24.2 Å². The molecular formula is C17H27ClFN5O2Si. The van der Waals surface area contributed by atoms with Crippen molar-refractivity contribution in [2.75, 3.05) is 12.3 Å². The Morgan fingerprint density at radius 3 is 2.70 bits per heavy atom. The molecule has 1 aliphatic rings. The number of anilines is 1. The van der Waals surface area contributed by atoms with Crippen LogP contribution in [0.5, 0.6) is 0 Å². The molecule has 0 aliphatic heterocycles. The molecular weight excluding hydrogens is 389 g/mol. The molecule has 27 heavy (non-hydrogen) atoms. The van der Waals surface area contributed by atoms with Crippen LogP contribution >= 0.6 is 11.6 Å². The van der Waals surface area contributed by atoms with Crippen LogP contribution in [0.25, 0.3) is 11.2 Å². The zero-order valence-electron chi connectivity index (χ0n) is 16.3. The summed E-state index contributed by atoms with van der Waals surface area (Å²) in [5.74, 6) is -0.299. The van der Waals surface area contributed by atoms with Crippen molar-refractivity contribution >= 4 is 37.0 Å². The average Bonchev–Trinajstić information content (AvgIpc) is 3.07. The van der Waals surface area contributed by atoms with Gasteiger partial charge in [-0.25, -0.2) is 9.37 Å². The Bertz CT molecular complexity index is 841. The molecule has 4 atom stereocenters. The van der Waals surface area contributed by atoms with Crippen LogP contribution in [0.2, 0.25) is 23.3 Å². The van der Waals surface area contributed by atoms with E-state index in [2.05, 4.69) is 48.8 Å². The molecule has 7 nitrogen and oxygen atoms in total. The Morgan fingerprint density at radius 2 is 2.07 bits per heavy atom. The number of alkyl halides is 1. The highest BCUT2D eigenvalue weighted by atomic mass is 35.5. The minimum Gasteiger partial charge on any atom is -0.416 e. The maximum atomic E-state index is 14.9. The fourth-order valence-corrected chi connectivity index (χ4v) is 4.46. The first-order valence-corrected chi connectivity index (χ1v) is 12.3. The summed E-state index contributed by atoms with van der Waals surface area (Å²) < 4.78 is 22.7. The highest BCUT2D eigenvalue weighted by Gasteiger charge is 2.46. The number of nitrogens with two attached hydrogens (primary N) is 1. The van der Waals surface area contributed by atoms with Gasteiger partial charge in [-0.2, -0.15) is 9.97 Å². The number of fused-ring (bicyclic) bond motifs is 1. The average molecular weight is 416 g/mol. The molecule has 0 saturated heterocycles. The topological polar surface area (TPSA) is 99.1 Å². The molecule has 150 valence electrons. The number of aliphatic hydroxyl groups is 1. The Morgan fingerprint density at radius 1 is 1.41 bits per heavy atom. The SMILES string of the molecule is CC(C)(C)[Si](C)(C)OC[C@H]1C[C@@H](n2cnc3c(Cl)nc(N)nc32)[C@@H](F)[C@@H]1O. The lowest BCUT2D eigenvalue weighted by molar-refractivity contribution is 0.0419. The Hall–Kier alpha value is -1.29. The number of hydrogen-bond acceptors (Lipinski definition) is 6. The first-order valence-electron chi connectivity index (χ1n) is 9.04. The van der Waals surface area contributed by atoms with Gasteiger partial charge >= 0.3 is 0 Å². The van der Waals surface area contributed by atoms with Crippen molar-refractivity contribution in [3.05, 3.63) is 11.5 Å². The van der Waals surface area contributed by atoms with Crippen LogP contribution in [-0.4, -0.2) is 51.8 Å². The van der Waals surface area contributed by atoms with Gasteiger partial charge in [0, 0.05) is 12.5 Å². The number of hydrogen-bond donors (Lipinski definition) is 2. The van der Waals surface area contributed by atoms with Crippen molar-refractivity contribution in [1.29, 1.82) is 0 Å². The van der Waals surface area contributed by atoms with E-state index in [1.165, 1.54) is 6.33 Å². The number of aromatic nitrogens is 4. The van der Waals surface area contributed by atoms with E-state index in [9.17, 15) is 9.50 Å². The maximum Gasteiger partial charge on any atom is 0.223 e. The van der Waals surface area contributed by atoms with E-state index in [0.717, 1.165) is 0 Å². The first-order chi connectivity index (χ1) is 12.4. The summed E-state index contributed by atoms with van der Waals surface area (Å²) in [4.78, 5) is 12.2. The smallest absolute Gasteiger partial charge is 0.223 e. The summed E-state index contributed by atoms with van der Waals surface area (Å²) in [5, 5.41) is 10.6. The van der Waals surface area contributed by atoms with Crippen LogP contribution in [0, 0.1) is 5.92 Å². The number of imidazole rings is 1. The van der Waals surface area contributed by atoms with Crippen LogP contribution < -0.4 is 5.73 Å². The van der Waals surface area contributed by atoms with Gasteiger partial charge in [-0.05, 0) is 24.6 Å². The van der Waals surface area contributed by atoms with E-state index in [1.54, 1.807) is 4.57 Å². The molecule has 2 aromatic heterocycles. The van der Waals surface area contributed by atoms with Gasteiger partial charge in [-0.3, -0.25) is 0 Å². The predicted molar refractivity (Wildman–Crippen MR) is 106 cm³/mol. The lowest BCUT2D eigenvalue weighted by Gasteiger charge is -2.37. The van der Waals surface area contributed by atoms with Crippen LogP contribution in [-0.2, 0) is 4.43 Å². The van der Waals surface area contributed by atoms with E-state index >= 15 is 0 Å². The molecule has 2 heterocycles. The van der Waals surface area contributed by atoms with Gasteiger partial charge < -0.3 is 19.8 Å². The summed E-state index contributed by atoms with van der Waals surface area (Å²) in [6.07, 6.45) is -0.660. The number of halogens is 2. The summed E-state index contributed by atoms with van der Waals surface area (Å²) in [7, 11) is -1.98. The molecule has 3 N–H and O–H groups in total. The van der Waals surface area contributed by atoms with Crippen LogP contribution in [0.1, 0.15) is 33.2 Å². The van der Waals surface area contributed by atoms with Crippen LogP contribution in [0.3, 0.4) is 0 Å². The molecule has 1 saturated carbocycles. The third-order valence-corrected chi connectivity index (χ3v) is 10.7. The van der Waals surface area contributed by atoms with Crippen molar-refractivity contribution < 1.29 is 13.9 Å². The number of aliphatic hydroxyl groups excluding tert-OH is 1. The molecule has 0 spiro atoms. The summed E-state index contributed by atoms with van der Waals surface area (Å²) in [5.41, 5.74) is 6.41. The van der Waals surface area contributed by atoms with E-state index < -0.39 is 26.6 Å². The molecule has 3 rings (SSSR count). The second kappa shape index (κ2) is 6.95. The number of rotatable bonds is 4. The van der Waals surface area contributed by atoms with Gasteiger partial charge in [-0.15, -0.1) is 0 Å². The fourth-order valence-electron chi connectivity index (χ4n) is 3.17. The summed E-state index contributed by atoms with van der Waals surface area (Å²) in [6.45, 7) is 11.1. The fraction of sp³-hybridized carbons (Fsp3) is 0.706. The Labute approximate surface area is 164 Å². The number of nitrogens with zero attached hydrogens (tertiary/aromatic N) is 4. The quantitative estimate of drug-likeness (QED) is 0.586. The zero-order valence-corrected chi connectivity index (χ0v) is 18.0. The molecule has 0 bridgehead atoms. The van der Waals surface area contributed by atoms with Crippen molar-refractivity contribution in [3.63, 3.8) is 0 Å². The van der Waals surface area contributed by atoms with Gasteiger partial charge in [-0.1, -0.05) is 32.4 Å². The van der Waals surface area contributed by atoms with E-state index in [1.807, 2.05) is 0 Å². The number of nitrogen functional groups attached to an aromatic ring is 1. The van der Waals surface area contributed by atoms with Gasteiger partial charge in [0.15, 0.2) is 19.1 Å². The standard InChI is InChI=1S/C17H27ClFN5O2Si/c1-17(2,3)27(4,5)26-7-9-6-10(11(19)13(9)25)24-8-21-12-14(18)22-16(20)23-15(12)24/h8-11,13,25H,6-7H2,1-5H3,(H2,20,22,23)/t9-,10-,11-,13-/m1/s1. The van der Waals surface area contributed by atoms with Crippen molar-refractivity contribution in [2.24, 2.45) is 5.92 Å². The third-order valence-electron chi connectivity index (χ3n) is 5.94. The van der Waals surface area contributed by atoms with Gasteiger partial charge in [0.05, 0.1) is 18.5 Å². The molecule has 1 aliphatic carbocycles. The monoisotopic (exact) mass is 415 g/mol. The molecule has 0 aromatic carbocycles. The van der Waals surface area contributed by atoms with Crippen LogP contribution in [0.4, 0.5) is 10.3 Å². The van der Waals surface area contributed by atoms with Crippen molar-refractivity contribution in [3.8, 4) is 0 Å². The molecule has 1 fully saturated rings. The highest BCUT2D eigenvalue weighted by Crippen LogP contribution is 2.42. The zero-order chi connectivity index (χ0) is 20.1. The third kappa shape index (κ3) is 3.70. The Kier molecular flexibility index (Phi) is 5.26. The maximum absolute atomic E-state index is 14.9. The van der Waals surface area contributed by atoms with Crippen molar-refractivity contribution in [2.45, 2.75) is 63.6 Å². The molecule has 0 amide bonds. The lowest BCUT2D eigenvalue weighted by atomic mass is 10.1. The first kappa shape index (κ1) is 20.4. The normalized spacial score (nSPS) is 26.8. The molecule has 0 radical (unpaired) electrons. The molecule has 10 heteroatoms. The predicted octanol–water partition coefficient (Wildman–Crippen LogP) is 3.34. The van der Waals surface area contributed by atoms with Crippen LogP contribution in [0.15, 0.2) is 6.33 Å². The summed E-state index contributed by atoms with van der Waals surface area (Å²) >= 11 is 6.05. The van der Waals surface area contributed by atoms with Gasteiger partial charge in [0.25, 0.3) is 0 Å². The Balaban J connectivity index is 1.82. The highest BCUT2D eigenvalue weighted by molar-refractivity contribution is 6.74. The van der Waals surface area contributed by atoms with E-state index in [4.69, 9.17) is 21.8 Å². The minimum absolute atomic E-state index is 0.000939. The van der Waals surface area contributed by atoms with E-state index in [-0.39, 0.29) is 22.1 Å². The minimum atomic E-state index is -1.98. The van der Waals surface area contributed by atoms with Gasteiger partial charge in [0.1, 0.15) is 11.7 Å². The largest absolute Gasteiger partial charge is 0.416 e. The molecule has 0 unspecified atom stereocenters. The second-order valence-corrected chi connectivity index (χ2v) is 13.9. The van der Waals surface area contributed by atoms with Crippen molar-refractivity contribution in [1.82, 2.24) is 19.5 Å². The molecule has 2 aromatic rings. The summed E-state index contributed by atoms with van der Waals surface area (Å²) in [6, 6.07) is -0.608. The lowest BCUT2D eigenvalue weighted by Crippen LogP contribution is -2.42. The van der Waals surface area contributed by atoms with Gasteiger partial charge in [0.2, 0.25) is 5.95 Å². The second-order valence-electron chi connectivity index (χ2n) is 8.77.